The van der Waals surface area contributed by atoms with Crippen LogP contribution in [0.25, 0.3) is 0 Å². The lowest BCUT2D eigenvalue weighted by Gasteiger charge is -2.12. The number of rotatable bonds is 2. The molecule has 1 heterocycles. The van der Waals surface area contributed by atoms with E-state index < -0.39 is 0 Å². The third-order valence-corrected chi connectivity index (χ3v) is 3.58. The Hall–Kier alpha value is -0.710. The zero-order chi connectivity index (χ0) is 9.97. The van der Waals surface area contributed by atoms with E-state index in [4.69, 9.17) is 5.11 Å². The number of aliphatic hydroxyl groups excluding tert-OH is 1. The van der Waals surface area contributed by atoms with Crippen LogP contribution in [0.3, 0.4) is 0 Å². The summed E-state index contributed by atoms with van der Waals surface area (Å²) in [6.07, 6.45) is -0.270. The Morgan fingerprint density at radius 3 is 2.50 bits per heavy atom. The summed E-state index contributed by atoms with van der Waals surface area (Å²) in [5.41, 5.74) is 0. The predicted molar refractivity (Wildman–Crippen MR) is 56.6 cm³/mol. The fraction of sp³-hybridized carbons (Fsp3) is 0.400. The number of benzene rings is 1. The molecule has 1 aliphatic heterocycles. The van der Waals surface area contributed by atoms with E-state index in [0.717, 1.165) is 11.4 Å². The molecule has 2 atom stereocenters. The van der Waals surface area contributed by atoms with Gasteiger partial charge in [0.15, 0.2) is 0 Å². The van der Waals surface area contributed by atoms with Crippen LogP contribution in [-0.2, 0) is 0 Å². The minimum absolute atomic E-state index is 0.222. The molecule has 1 fully saturated rings. The van der Waals surface area contributed by atoms with Crippen LogP contribution < -0.4 is 5.32 Å². The Balaban J connectivity index is 2.00. The maximum absolute atomic E-state index is 9.57. The Morgan fingerprint density at radius 2 is 1.93 bits per heavy atom. The standard InChI is InChI=1S/C10H13NO2S/c12-7-1-3-8(4-2-7)14-10-6-11-5-9(10)13/h1-4,9-13H,5-6H2. The first kappa shape index (κ1) is 9.83. The van der Waals surface area contributed by atoms with Crippen LogP contribution in [-0.4, -0.2) is 34.7 Å². The van der Waals surface area contributed by atoms with Gasteiger partial charge >= 0.3 is 0 Å². The van der Waals surface area contributed by atoms with Crippen molar-refractivity contribution in [3.8, 4) is 5.75 Å². The molecular weight excluding hydrogens is 198 g/mol. The number of thioether (sulfide) groups is 1. The molecule has 2 unspecified atom stereocenters. The summed E-state index contributed by atoms with van der Waals surface area (Å²) in [5, 5.41) is 22.0. The van der Waals surface area contributed by atoms with Gasteiger partial charge in [0.2, 0.25) is 0 Å². The van der Waals surface area contributed by atoms with E-state index in [9.17, 15) is 5.11 Å². The van der Waals surface area contributed by atoms with Gasteiger partial charge in [0.1, 0.15) is 5.75 Å². The number of hydrogen-bond donors (Lipinski definition) is 3. The Labute approximate surface area is 87.1 Å². The summed E-state index contributed by atoms with van der Waals surface area (Å²) in [7, 11) is 0. The molecule has 2 rings (SSSR count). The van der Waals surface area contributed by atoms with Gasteiger partial charge in [0.05, 0.1) is 6.10 Å². The number of nitrogens with one attached hydrogen (secondary N) is 1. The molecule has 76 valence electrons. The summed E-state index contributed by atoms with van der Waals surface area (Å²) < 4.78 is 0. The summed E-state index contributed by atoms with van der Waals surface area (Å²) >= 11 is 1.64. The molecule has 1 aromatic rings. The Kier molecular flexibility index (Phi) is 2.96. The van der Waals surface area contributed by atoms with Gasteiger partial charge in [-0.15, -0.1) is 11.8 Å². The largest absolute Gasteiger partial charge is 0.508 e. The van der Waals surface area contributed by atoms with Gasteiger partial charge < -0.3 is 15.5 Å². The third kappa shape index (κ3) is 2.20. The monoisotopic (exact) mass is 211 g/mol. The zero-order valence-electron chi connectivity index (χ0n) is 7.68. The number of hydrogen-bond acceptors (Lipinski definition) is 4. The van der Waals surface area contributed by atoms with Gasteiger partial charge in [-0.2, -0.15) is 0 Å². The van der Waals surface area contributed by atoms with E-state index in [0.29, 0.717) is 6.54 Å². The molecule has 14 heavy (non-hydrogen) atoms. The zero-order valence-corrected chi connectivity index (χ0v) is 8.50. The van der Waals surface area contributed by atoms with Crippen molar-refractivity contribution in [2.75, 3.05) is 13.1 Å². The van der Waals surface area contributed by atoms with Crippen molar-refractivity contribution in [2.45, 2.75) is 16.2 Å². The predicted octanol–water partition coefficient (Wildman–Crippen LogP) is 0.817. The highest BCUT2D eigenvalue weighted by Crippen LogP contribution is 2.28. The molecule has 0 aliphatic carbocycles. The van der Waals surface area contributed by atoms with Crippen LogP contribution in [0.5, 0.6) is 5.75 Å². The first-order valence-corrected chi connectivity index (χ1v) is 5.48. The van der Waals surface area contributed by atoms with E-state index in [1.807, 2.05) is 12.1 Å². The summed E-state index contributed by atoms with van der Waals surface area (Å²) in [6.45, 7) is 1.52. The van der Waals surface area contributed by atoms with Crippen LogP contribution in [0.2, 0.25) is 0 Å². The number of β-amino-alcohol motifs (C(OH)–C–C–N with tert-alkyl or cyclic N) is 1. The van der Waals surface area contributed by atoms with Gasteiger partial charge in [-0.05, 0) is 24.3 Å². The van der Waals surface area contributed by atoms with Gasteiger partial charge in [0.25, 0.3) is 0 Å². The van der Waals surface area contributed by atoms with Gasteiger partial charge in [-0.1, -0.05) is 0 Å². The molecule has 1 aliphatic rings. The molecule has 0 bridgehead atoms. The minimum atomic E-state index is -0.270. The third-order valence-electron chi connectivity index (χ3n) is 2.25. The molecule has 1 saturated heterocycles. The Bertz CT molecular complexity index is 301. The first-order valence-electron chi connectivity index (χ1n) is 4.60. The van der Waals surface area contributed by atoms with Crippen molar-refractivity contribution in [3.63, 3.8) is 0 Å². The van der Waals surface area contributed by atoms with Crippen LogP contribution in [0.4, 0.5) is 0 Å². The lowest BCUT2D eigenvalue weighted by molar-refractivity contribution is 0.201. The van der Waals surface area contributed by atoms with E-state index >= 15 is 0 Å². The van der Waals surface area contributed by atoms with Gasteiger partial charge in [-0.3, -0.25) is 0 Å². The average molecular weight is 211 g/mol. The van der Waals surface area contributed by atoms with Crippen molar-refractivity contribution in [2.24, 2.45) is 0 Å². The Morgan fingerprint density at radius 1 is 1.21 bits per heavy atom. The van der Waals surface area contributed by atoms with E-state index in [1.54, 1.807) is 23.9 Å². The maximum Gasteiger partial charge on any atom is 0.115 e. The van der Waals surface area contributed by atoms with Crippen molar-refractivity contribution in [1.29, 1.82) is 0 Å². The maximum atomic E-state index is 9.57. The summed E-state index contributed by atoms with van der Waals surface area (Å²) in [5.74, 6) is 0.277. The van der Waals surface area contributed by atoms with Crippen LogP contribution in [0.15, 0.2) is 29.2 Å². The fourth-order valence-electron chi connectivity index (χ4n) is 1.46. The van der Waals surface area contributed by atoms with Crippen molar-refractivity contribution in [1.82, 2.24) is 5.32 Å². The van der Waals surface area contributed by atoms with Crippen molar-refractivity contribution < 1.29 is 10.2 Å². The number of aliphatic hydroxyl groups is 1. The SMILES string of the molecule is Oc1ccc(SC2CNCC2O)cc1. The molecule has 1 aromatic carbocycles. The van der Waals surface area contributed by atoms with Crippen LogP contribution in [0, 0.1) is 0 Å². The topological polar surface area (TPSA) is 52.5 Å². The normalized spacial score (nSPS) is 26.6. The molecule has 0 spiro atoms. The van der Waals surface area contributed by atoms with Crippen molar-refractivity contribution in [3.05, 3.63) is 24.3 Å². The molecule has 3 nitrogen and oxygen atoms in total. The van der Waals surface area contributed by atoms with Crippen LogP contribution >= 0.6 is 11.8 Å². The second-order valence-electron chi connectivity index (χ2n) is 3.38. The smallest absolute Gasteiger partial charge is 0.115 e. The van der Waals surface area contributed by atoms with Crippen LogP contribution in [0.1, 0.15) is 0 Å². The molecule has 0 aromatic heterocycles. The van der Waals surface area contributed by atoms with Gasteiger partial charge in [-0.25, -0.2) is 0 Å². The second-order valence-corrected chi connectivity index (χ2v) is 4.69. The van der Waals surface area contributed by atoms with E-state index in [-0.39, 0.29) is 17.1 Å². The molecule has 3 N–H and O–H groups in total. The molecule has 4 heteroatoms. The summed E-state index contributed by atoms with van der Waals surface area (Å²) in [6, 6.07) is 7.06. The molecule has 0 radical (unpaired) electrons. The van der Waals surface area contributed by atoms with E-state index in [1.165, 1.54) is 0 Å². The highest BCUT2D eigenvalue weighted by Gasteiger charge is 2.25. The number of phenols is 1. The molecule has 0 saturated carbocycles. The molecular formula is C10H13NO2S. The summed E-state index contributed by atoms with van der Waals surface area (Å²) in [4.78, 5) is 1.08. The fourth-order valence-corrected chi connectivity index (χ4v) is 2.56. The average Bonchev–Trinajstić information content (AvgIpc) is 2.56. The highest BCUT2D eigenvalue weighted by molar-refractivity contribution is 8.00. The quantitative estimate of drug-likeness (QED) is 0.678. The first-order chi connectivity index (χ1) is 6.75. The lowest BCUT2D eigenvalue weighted by Crippen LogP contribution is -2.19. The van der Waals surface area contributed by atoms with Gasteiger partial charge in [0, 0.05) is 23.2 Å². The highest BCUT2D eigenvalue weighted by atomic mass is 32.2. The number of aromatic hydroxyl groups is 1. The second kappa shape index (κ2) is 4.21. The number of phenolic OH excluding ortho intramolecular Hbond substituents is 1. The van der Waals surface area contributed by atoms with E-state index in [2.05, 4.69) is 5.32 Å². The minimum Gasteiger partial charge on any atom is -0.508 e. The lowest BCUT2D eigenvalue weighted by atomic mass is 10.3. The molecule has 0 amide bonds. The van der Waals surface area contributed by atoms with Crippen molar-refractivity contribution >= 4 is 11.8 Å².